The van der Waals surface area contributed by atoms with Gasteiger partial charge in [0.2, 0.25) is 15.9 Å². The number of sulfonamides is 1. The molecule has 1 aromatic heterocycles. The summed E-state index contributed by atoms with van der Waals surface area (Å²) in [7, 11) is -3.50. The maximum absolute atomic E-state index is 12.8. The molecule has 0 saturated carbocycles. The lowest BCUT2D eigenvalue weighted by molar-refractivity contribution is -0.117. The van der Waals surface area contributed by atoms with Gasteiger partial charge in [0, 0.05) is 43.4 Å². The van der Waals surface area contributed by atoms with Crippen LogP contribution in [0.5, 0.6) is 0 Å². The van der Waals surface area contributed by atoms with Crippen LogP contribution in [-0.2, 0) is 20.2 Å². The van der Waals surface area contributed by atoms with Gasteiger partial charge in [0.25, 0.3) is 0 Å². The molecule has 0 aliphatic carbocycles. The molecule has 0 bridgehead atoms. The van der Waals surface area contributed by atoms with Gasteiger partial charge in [-0.2, -0.15) is 9.40 Å². The van der Waals surface area contributed by atoms with E-state index in [0.717, 1.165) is 11.3 Å². The molecule has 1 fully saturated rings. The van der Waals surface area contributed by atoms with Gasteiger partial charge in [-0.15, -0.1) is 0 Å². The minimum atomic E-state index is -3.50. The average molecular weight is 420 g/mol. The number of rotatable bonds is 5. The highest BCUT2D eigenvalue weighted by Gasteiger charge is 2.29. The van der Waals surface area contributed by atoms with Crippen molar-refractivity contribution in [1.82, 2.24) is 19.4 Å². The number of anilines is 1. The van der Waals surface area contributed by atoms with Crippen molar-refractivity contribution in [3.63, 3.8) is 0 Å². The Bertz CT molecular complexity index is 953. The average Bonchev–Trinajstić information content (AvgIpc) is 3.11. The van der Waals surface area contributed by atoms with Crippen LogP contribution in [0.4, 0.5) is 5.82 Å². The van der Waals surface area contributed by atoms with Crippen LogP contribution in [0.3, 0.4) is 0 Å². The van der Waals surface area contributed by atoms with Crippen molar-refractivity contribution in [2.24, 2.45) is 0 Å². The number of benzene rings is 1. The SMILES string of the molecule is Cc1ccc(S(=O)(=O)N2CCN(CC(=O)Nc3cc(C(C)(C)C)[nH]n3)CC2)cc1. The van der Waals surface area contributed by atoms with Crippen molar-refractivity contribution in [2.75, 3.05) is 38.0 Å². The number of carbonyl (C=O) groups excluding carboxylic acids is 1. The number of hydrogen-bond acceptors (Lipinski definition) is 5. The number of aryl methyl sites for hydroxylation is 1. The van der Waals surface area contributed by atoms with E-state index in [9.17, 15) is 13.2 Å². The summed E-state index contributed by atoms with van der Waals surface area (Å²) in [6, 6.07) is 8.71. The van der Waals surface area contributed by atoms with E-state index in [4.69, 9.17) is 0 Å². The number of piperazine rings is 1. The smallest absolute Gasteiger partial charge is 0.243 e. The van der Waals surface area contributed by atoms with Crippen molar-refractivity contribution in [3.05, 3.63) is 41.6 Å². The van der Waals surface area contributed by atoms with E-state index in [-0.39, 0.29) is 17.9 Å². The van der Waals surface area contributed by atoms with Crippen LogP contribution in [0.15, 0.2) is 35.2 Å². The third-order valence-electron chi connectivity index (χ3n) is 5.01. The molecule has 1 aromatic carbocycles. The first-order chi connectivity index (χ1) is 13.6. The summed E-state index contributed by atoms with van der Waals surface area (Å²) in [6.45, 7) is 10.1. The van der Waals surface area contributed by atoms with E-state index >= 15 is 0 Å². The largest absolute Gasteiger partial charge is 0.308 e. The third-order valence-corrected chi connectivity index (χ3v) is 6.92. The zero-order valence-electron chi connectivity index (χ0n) is 17.4. The van der Waals surface area contributed by atoms with Crippen LogP contribution in [-0.4, -0.2) is 66.5 Å². The molecule has 1 saturated heterocycles. The highest BCUT2D eigenvalue weighted by molar-refractivity contribution is 7.89. The second-order valence-electron chi connectivity index (χ2n) is 8.46. The van der Waals surface area contributed by atoms with Crippen molar-refractivity contribution in [2.45, 2.75) is 38.0 Å². The number of nitrogens with zero attached hydrogens (tertiary/aromatic N) is 3. The molecule has 158 valence electrons. The van der Waals surface area contributed by atoms with Crippen molar-refractivity contribution in [3.8, 4) is 0 Å². The van der Waals surface area contributed by atoms with Crippen LogP contribution in [0.2, 0.25) is 0 Å². The molecule has 1 aliphatic rings. The van der Waals surface area contributed by atoms with E-state index in [1.54, 1.807) is 24.3 Å². The molecule has 1 aliphatic heterocycles. The summed E-state index contributed by atoms with van der Waals surface area (Å²) < 4.78 is 27.0. The van der Waals surface area contributed by atoms with Gasteiger partial charge in [0.15, 0.2) is 5.82 Å². The van der Waals surface area contributed by atoms with E-state index in [0.29, 0.717) is 36.9 Å². The summed E-state index contributed by atoms with van der Waals surface area (Å²) in [6.07, 6.45) is 0. The Hall–Kier alpha value is -2.23. The first-order valence-electron chi connectivity index (χ1n) is 9.70. The Balaban J connectivity index is 1.52. The number of amides is 1. The van der Waals surface area contributed by atoms with Gasteiger partial charge in [-0.1, -0.05) is 38.5 Å². The molecular formula is C20H29N5O3S. The topological polar surface area (TPSA) is 98.4 Å². The fraction of sp³-hybridized carbons (Fsp3) is 0.500. The minimum Gasteiger partial charge on any atom is -0.308 e. The van der Waals surface area contributed by atoms with Crippen LogP contribution in [0, 0.1) is 6.92 Å². The van der Waals surface area contributed by atoms with Crippen LogP contribution in [0.25, 0.3) is 0 Å². The van der Waals surface area contributed by atoms with Crippen molar-refractivity contribution < 1.29 is 13.2 Å². The molecular weight excluding hydrogens is 390 g/mol. The molecule has 2 N–H and O–H groups in total. The third kappa shape index (κ3) is 5.23. The summed E-state index contributed by atoms with van der Waals surface area (Å²) in [5, 5.41) is 9.88. The lowest BCUT2D eigenvalue weighted by Gasteiger charge is -2.33. The number of nitrogens with one attached hydrogen (secondary N) is 2. The molecule has 1 amide bonds. The summed E-state index contributed by atoms with van der Waals surface area (Å²) in [4.78, 5) is 14.6. The van der Waals surface area contributed by atoms with Gasteiger partial charge in [-0.05, 0) is 19.1 Å². The molecule has 2 heterocycles. The lowest BCUT2D eigenvalue weighted by Crippen LogP contribution is -2.50. The fourth-order valence-corrected chi connectivity index (χ4v) is 4.56. The van der Waals surface area contributed by atoms with E-state index in [2.05, 4.69) is 36.3 Å². The number of H-pyrrole nitrogens is 1. The lowest BCUT2D eigenvalue weighted by atomic mass is 9.92. The maximum Gasteiger partial charge on any atom is 0.243 e. The summed E-state index contributed by atoms with van der Waals surface area (Å²) >= 11 is 0. The molecule has 0 spiro atoms. The predicted molar refractivity (Wildman–Crippen MR) is 112 cm³/mol. The van der Waals surface area contributed by atoms with Gasteiger partial charge < -0.3 is 5.32 Å². The number of carbonyl (C=O) groups is 1. The number of hydrogen-bond donors (Lipinski definition) is 2. The van der Waals surface area contributed by atoms with Crippen LogP contribution in [0.1, 0.15) is 32.0 Å². The summed E-state index contributed by atoms with van der Waals surface area (Å²) in [5.41, 5.74) is 1.89. The molecule has 0 radical (unpaired) electrons. The van der Waals surface area contributed by atoms with Crippen molar-refractivity contribution in [1.29, 1.82) is 0 Å². The van der Waals surface area contributed by atoms with Gasteiger partial charge in [-0.25, -0.2) is 8.42 Å². The zero-order chi connectivity index (χ0) is 21.2. The predicted octanol–water partition coefficient (Wildman–Crippen LogP) is 1.96. The highest BCUT2D eigenvalue weighted by atomic mass is 32.2. The Morgan fingerprint density at radius 2 is 1.76 bits per heavy atom. The molecule has 2 aromatic rings. The Morgan fingerprint density at radius 1 is 1.14 bits per heavy atom. The van der Waals surface area contributed by atoms with E-state index < -0.39 is 10.0 Å². The second-order valence-corrected chi connectivity index (χ2v) is 10.4. The Labute approximate surface area is 172 Å². The van der Waals surface area contributed by atoms with Gasteiger partial charge in [0.05, 0.1) is 11.4 Å². The normalized spacial score (nSPS) is 16.7. The molecule has 3 rings (SSSR count). The highest BCUT2D eigenvalue weighted by Crippen LogP contribution is 2.22. The number of aromatic nitrogens is 2. The molecule has 29 heavy (non-hydrogen) atoms. The fourth-order valence-electron chi connectivity index (χ4n) is 3.14. The molecule has 0 unspecified atom stereocenters. The summed E-state index contributed by atoms with van der Waals surface area (Å²) in [5.74, 6) is 0.340. The zero-order valence-corrected chi connectivity index (χ0v) is 18.2. The van der Waals surface area contributed by atoms with E-state index in [1.807, 2.05) is 17.9 Å². The standard InChI is InChI=1S/C20H29N5O3S/c1-15-5-7-16(8-6-15)29(27,28)25-11-9-24(10-12-25)14-19(26)21-18-13-17(22-23-18)20(2,3)4/h5-8,13H,9-12,14H2,1-4H3,(H2,21,22,23,26). The van der Waals surface area contributed by atoms with Crippen LogP contribution >= 0.6 is 0 Å². The molecule has 0 atom stereocenters. The number of aromatic amines is 1. The van der Waals surface area contributed by atoms with E-state index in [1.165, 1.54) is 4.31 Å². The molecule has 8 nitrogen and oxygen atoms in total. The van der Waals surface area contributed by atoms with Crippen LogP contribution < -0.4 is 5.32 Å². The van der Waals surface area contributed by atoms with Gasteiger partial charge in [-0.3, -0.25) is 14.8 Å². The second kappa shape index (κ2) is 8.25. The molecule has 9 heteroatoms. The Kier molecular flexibility index (Phi) is 6.11. The Morgan fingerprint density at radius 3 is 2.31 bits per heavy atom. The first-order valence-corrected chi connectivity index (χ1v) is 11.1. The first kappa shape index (κ1) is 21.5. The van der Waals surface area contributed by atoms with Gasteiger partial charge >= 0.3 is 0 Å². The minimum absolute atomic E-state index is 0.0742. The maximum atomic E-state index is 12.8. The monoisotopic (exact) mass is 419 g/mol. The quantitative estimate of drug-likeness (QED) is 0.772. The van der Waals surface area contributed by atoms with Crippen molar-refractivity contribution >= 4 is 21.7 Å². The van der Waals surface area contributed by atoms with Gasteiger partial charge in [0.1, 0.15) is 0 Å².